The molecule has 0 aromatic rings. The number of hydrogen-bond donors (Lipinski definition) is 4. The second-order valence-electron chi connectivity index (χ2n) is 8.68. The van der Waals surface area contributed by atoms with Crippen molar-refractivity contribution in [2.45, 2.75) is 64.5 Å². The summed E-state index contributed by atoms with van der Waals surface area (Å²) in [5.41, 5.74) is 3.77. The quantitative estimate of drug-likeness (QED) is 0.198. The first-order chi connectivity index (χ1) is 12.4. The second-order valence-corrected chi connectivity index (χ2v) is 11.0. The molecule has 27 heavy (non-hydrogen) atoms. The van der Waals surface area contributed by atoms with Crippen molar-refractivity contribution in [3.63, 3.8) is 0 Å². The van der Waals surface area contributed by atoms with Crippen LogP contribution in [0, 0.1) is 29.6 Å². The van der Waals surface area contributed by atoms with Gasteiger partial charge in [0, 0.05) is 6.26 Å². The van der Waals surface area contributed by atoms with Gasteiger partial charge >= 0.3 is 0 Å². The Hall–Kier alpha value is -1.19. The molecular formula is C18H35N3O5S. The van der Waals surface area contributed by atoms with Crippen molar-refractivity contribution in [1.82, 2.24) is 10.9 Å². The van der Waals surface area contributed by atoms with E-state index in [9.17, 15) is 23.2 Å². The maximum atomic E-state index is 12.9. The van der Waals surface area contributed by atoms with Crippen LogP contribution in [-0.4, -0.2) is 36.4 Å². The maximum absolute atomic E-state index is 12.9. The normalized spacial score (nSPS) is 25.4. The molecule has 158 valence electrons. The van der Waals surface area contributed by atoms with Crippen LogP contribution >= 0.6 is 0 Å². The number of rotatable bonds is 9. The van der Waals surface area contributed by atoms with Crippen molar-refractivity contribution in [2.75, 3.05) is 6.26 Å². The van der Waals surface area contributed by atoms with E-state index in [1.807, 2.05) is 27.7 Å². The summed E-state index contributed by atoms with van der Waals surface area (Å²) >= 11 is 0. The Morgan fingerprint density at radius 1 is 1.19 bits per heavy atom. The lowest BCUT2D eigenvalue weighted by atomic mass is 9.70. The molecule has 1 aliphatic rings. The average molecular weight is 406 g/mol. The highest BCUT2D eigenvalue weighted by Crippen LogP contribution is 2.51. The van der Waals surface area contributed by atoms with Crippen LogP contribution in [0.1, 0.15) is 59.8 Å². The summed E-state index contributed by atoms with van der Waals surface area (Å²) < 4.78 is 24.7. The van der Waals surface area contributed by atoms with Gasteiger partial charge in [-0.2, -0.15) is 0 Å². The summed E-state index contributed by atoms with van der Waals surface area (Å²) in [6.07, 6.45) is 3.58. The number of hydrazine groups is 1. The van der Waals surface area contributed by atoms with Crippen molar-refractivity contribution in [3.8, 4) is 0 Å². The largest absolute Gasteiger partial charge is 0.294 e. The summed E-state index contributed by atoms with van der Waals surface area (Å²) in [6, 6.07) is 0. The van der Waals surface area contributed by atoms with Crippen molar-refractivity contribution < 1.29 is 23.2 Å². The van der Waals surface area contributed by atoms with Gasteiger partial charge in [-0.3, -0.25) is 20.2 Å². The minimum absolute atomic E-state index is 0.0837. The molecule has 1 saturated carbocycles. The fourth-order valence-corrected chi connectivity index (χ4v) is 6.85. The molecule has 0 aromatic carbocycles. The lowest BCUT2D eigenvalue weighted by molar-refractivity contribution is -0.143. The molecule has 1 aliphatic carbocycles. The predicted molar refractivity (Wildman–Crippen MR) is 103 cm³/mol. The summed E-state index contributed by atoms with van der Waals surface area (Å²) in [6.45, 7) is 7.72. The molecule has 0 bridgehead atoms. The van der Waals surface area contributed by atoms with Crippen LogP contribution < -0.4 is 16.7 Å². The highest BCUT2D eigenvalue weighted by molar-refractivity contribution is 7.92. The van der Waals surface area contributed by atoms with E-state index >= 15 is 0 Å². The van der Waals surface area contributed by atoms with Crippen LogP contribution in [0.5, 0.6) is 0 Å². The molecule has 0 radical (unpaired) electrons. The Morgan fingerprint density at radius 2 is 1.78 bits per heavy atom. The SMILES string of the molecule is CC(C)C[C@@H](C(=O)NN)[C@H](C(=O)NO)C1CCCC1(CC(C)C)S(C)(=O)=O. The van der Waals surface area contributed by atoms with Gasteiger partial charge in [0.05, 0.1) is 16.6 Å². The third kappa shape index (κ3) is 5.20. The Morgan fingerprint density at radius 3 is 2.19 bits per heavy atom. The zero-order valence-corrected chi connectivity index (χ0v) is 17.8. The number of hydroxylamine groups is 1. The molecular weight excluding hydrogens is 370 g/mol. The number of sulfone groups is 1. The Labute approximate surface area is 162 Å². The first-order valence-corrected chi connectivity index (χ1v) is 11.4. The van der Waals surface area contributed by atoms with Crippen LogP contribution in [0.15, 0.2) is 0 Å². The third-order valence-corrected chi connectivity index (χ3v) is 7.92. The Bertz CT molecular complexity index is 635. The molecule has 2 amide bonds. The second kappa shape index (κ2) is 9.34. The van der Waals surface area contributed by atoms with Gasteiger partial charge in [0.1, 0.15) is 0 Å². The van der Waals surface area contributed by atoms with E-state index in [0.717, 1.165) is 0 Å². The van der Waals surface area contributed by atoms with Gasteiger partial charge in [0.25, 0.3) is 0 Å². The van der Waals surface area contributed by atoms with Crippen molar-refractivity contribution in [2.24, 2.45) is 35.4 Å². The van der Waals surface area contributed by atoms with E-state index < -0.39 is 44.2 Å². The molecule has 9 heteroatoms. The zero-order chi connectivity index (χ0) is 21.0. The van der Waals surface area contributed by atoms with E-state index in [2.05, 4.69) is 5.43 Å². The molecule has 0 aliphatic heterocycles. The molecule has 5 N–H and O–H groups in total. The smallest absolute Gasteiger partial charge is 0.247 e. The van der Waals surface area contributed by atoms with Crippen LogP contribution in [0.4, 0.5) is 0 Å². The molecule has 0 spiro atoms. The topological polar surface area (TPSA) is 139 Å². The van der Waals surface area contributed by atoms with E-state index in [1.54, 1.807) is 5.48 Å². The van der Waals surface area contributed by atoms with Gasteiger partial charge in [0.2, 0.25) is 11.8 Å². The van der Waals surface area contributed by atoms with Crippen LogP contribution in [0.2, 0.25) is 0 Å². The van der Waals surface area contributed by atoms with Gasteiger partial charge in [-0.15, -0.1) is 0 Å². The monoisotopic (exact) mass is 405 g/mol. The molecule has 0 saturated heterocycles. The van der Waals surface area contributed by atoms with E-state index in [0.29, 0.717) is 32.1 Å². The molecule has 8 nitrogen and oxygen atoms in total. The fraction of sp³-hybridized carbons (Fsp3) is 0.889. The summed E-state index contributed by atoms with van der Waals surface area (Å²) in [5.74, 6) is 1.93. The average Bonchev–Trinajstić information content (AvgIpc) is 2.96. The van der Waals surface area contributed by atoms with Gasteiger partial charge < -0.3 is 0 Å². The number of amides is 2. The van der Waals surface area contributed by atoms with Crippen LogP contribution in [0.25, 0.3) is 0 Å². The number of hydrogen-bond acceptors (Lipinski definition) is 6. The standard InChI is InChI=1S/C18H35N3O5S/c1-11(2)9-13(16(22)20-19)15(17(23)21-24)14-7-6-8-18(14,10-12(3)4)27(5,25)26/h11-15,24H,6-10,19H2,1-5H3,(H,20,22)(H,21,23)/t13-,14?,15+,18?/m1/s1. The Balaban J connectivity index is 3.55. The minimum atomic E-state index is -3.51. The van der Waals surface area contributed by atoms with Crippen molar-refractivity contribution in [1.29, 1.82) is 0 Å². The highest BCUT2D eigenvalue weighted by Gasteiger charge is 2.57. The zero-order valence-electron chi connectivity index (χ0n) is 17.0. The number of carbonyl (C=O) groups is 2. The minimum Gasteiger partial charge on any atom is -0.294 e. The predicted octanol–water partition coefficient (Wildman–Crippen LogP) is 1.39. The van der Waals surface area contributed by atoms with E-state index in [1.165, 1.54) is 6.26 Å². The van der Waals surface area contributed by atoms with Crippen molar-refractivity contribution >= 4 is 21.7 Å². The van der Waals surface area contributed by atoms with Crippen LogP contribution in [0.3, 0.4) is 0 Å². The summed E-state index contributed by atoms with van der Waals surface area (Å²) in [7, 11) is -3.51. The van der Waals surface area contributed by atoms with E-state index in [4.69, 9.17) is 5.84 Å². The molecule has 0 aromatic heterocycles. The Kier molecular flexibility index (Phi) is 8.25. The first-order valence-electron chi connectivity index (χ1n) is 9.55. The summed E-state index contributed by atoms with van der Waals surface area (Å²) in [4.78, 5) is 25.2. The maximum Gasteiger partial charge on any atom is 0.247 e. The first kappa shape index (κ1) is 23.8. The van der Waals surface area contributed by atoms with Gasteiger partial charge in [-0.1, -0.05) is 34.1 Å². The number of carbonyl (C=O) groups excluding carboxylic acids is 2. The lowest BCUT2D eigenvalue weighted by Crippen LogP contribution is -2.54. The van der Waals surface area contributed by atoms with Crippen LogP contribution in [-0.2, 0) is 19.4 Å². The molecule has 4 atom stereocenters. The van der Waals surface area contributed by atoms with Gasteiger partial charge in [-0.25, -0.2) is 19.7 Å². The fourth-order valence-electron chi connectivity index (χ4n) is 4.88. The molecule has 1 rings (SSSR count). The summed E-state index contributed by atoms with van der Waals surface area (Å²) in [5, 5.41) is 9.35. The third-order valence-electron chi connectivity index (χ3n) is 5.77. The highest BCUT2D eigenvalue weighted by atomic mass is 32.2. The van der Waals surface area contributed by atoms with Gasteiger partial charge in [0.15, 0.2) is 9.84 Å². The molecule has 1 fully saturated rings. The number of nitrogens with one attached hydrogen (secondary N) is 2. The molecule has 0 heterocycles. The van der Waals surface area contributed by atoms with Crippen molar-refractivity contribution in [3.05, 3.63) is 0 Å². The van der Waals surface area contributed by atoms with Gasteiger partial charge in [-0.05, 0) is 43.4 Å². The lowest BCUT2D eigenvalue weighted by Gasteiger charge is -2.41. The number of nitrogens with two attached hydrogens (primary N) is 1. The molecule has 2 unspecified atom stereocenters. The van der Waals surface area contributed by atoms with E-state index in [-0.39, 0.29) is 11.8 Å².